The van der Waals surface area contributed by atoms with E-state index in [1.54, 1.807) is 0 Å². The van der Waals surface area contributed by atoms with Gasteiger partial charge in [0.05, 0.1) is 5.69 Å². The summed E-state index contributed by atoms with van der Waals surface area (Å²) in [4.78, 5) is 7.57. The van der Waals surface area contributed by atoms with Crippen LogP contribution in [0.25, 0.3) is 49.4 Å². The summed E-state index contributed by atoms with van der Waals surface area (Å²) in [6.07, 6.45) is 7.17. The smallest absolute Gasteiger partial charge is 0.252 e. The van der Waals surface area contributed by atoms with E-state index in [9.17, 15) is 0 Å². The summed E-state index contributed by atoms with van der Waals surface area (Å²) in [5.41, 5.74) is 25.6. The van der Waals surface area contributed by atoms with Gasteiger partial charge in [-0.2, -0.15) is 0 Å². The van der Waals surface area contributed by atoms with Gasteiger partial charge in [0.2, 0.25) is 0 Å². The zero-order valence-electron chi connectivity index (χ0n) is 48.1. The van der Waals surface area contributed by atoms with Gasteiger partial charge in [0, 0.05) is 61.8 Å². The van der Waals surface area contributed by atoms with Crippen LogP contribution >= 0.6 is 0 Å². The quantitative estimate of drug-likeness (QED) is 0.0773. The maximum absolute atomic E-state index is 6.42. The SMILES string of the molecule is C=C/C=C(\C/C(C)=C\C)c1c(N(c2ccccc2)c2ccc3c(c2)N(c2ccc(-c4cccc5oc6ccccc6c45)cc2)c2cc(C)cc4c2B3c2cc(C(C)(C)C)ccc2N4c2ccc(C(C)(C)C)cc2)ccc2ccccc12. The number of hydrogen-bond donors (Lipinski definition) is 0. The second kappa shape index (κ2) is 19.9. The molecule has 2 aliphatic rings. The fourth-order valence-corrected chi connectivity index (χ4v) is 12.8. The molecule has 3 heterocycles. The number of fused-ring (bicyclic) bond motifs is 8. The Morgan fingerprint density at radius 1 is 0.568 bits per heavy atom. The Morgan fingerprint density at radius 3 is 1.91 bits per heavy atom. The van der Waals surface area contributed by atoms with Gasteiger partial charge in [-0.1, -0.05) is 193 Å². The van der Waals surface area contributed by atoms with Crippen molar-refractivity contribution < 1.29 is 4.42 Å². The van der Waals surface area contributed by atoms with Crippen molar-refractivity contribution >= 4 is 113 Å². The maximum atomic E-state index is 6.42. The van der Waals surface area contributed by atoms with E-state index in [1.165, 1.54) is 77.6 Å². The lowest BCUT2D eigenvalue weighted by Gasteiger charge is -2.45. The zero-order chi connectivity index (χ0) is 55.9. The molecule has 0 aliphatic carbocycles. The number of rotatable bonds is 10. The van der Waals surface area contributed by atoms with Crippen LogP contribution in [-0.4, -0.2) is 6.71 Å². The third kappa shape index (κ3) is 8.87. The van der Waals surface area contributed by atoms with Crippen LogP contribution < -0.4 is 31.1 Å². The molecule has 0 atom stereocenters. The van der Waals surface area contributed by atoms with E-state index in [-0.39, 0.29) is 17.5 Å². The molecule has 11 aromatic rings. The largest absolute Gasteiger partial charge is 0.456 e. The molecule has 0 unspecified atom stereocenters. The summed E-state index contributed by atoms with van der Waals surface area (Å²) in [5.74, 6) is 0. The number of anilines is 9. The minimum atomic E-state index is -0.0785. The van der Waals surface area contributed by atoms with Gasteiger partial charge in [-0.3, -0.25) is 0 Å². The van der Waals surface area contributed by atoms with Crippen LogP contribution in [0.1, 0.15) is 84.1 Å². The monoisotopic (exact) mass is 1050 g/mol. The van der Waals surface area contributed by atoms with Crippen molar-refractivity contribution in [3.8, 4) is 11.1 Å². The van der Waals surface area contributed by atoms with Crippen LogP contribution in [0.3, 0.4) is 0 Å². The van der Waals surface area contributed by atoms with Crippen molar-refractivity contribution in [1.29, 1.82) is 0 Å². The van der Waals surface area contributed by atoms with E-state index in [0.29, 0.717) is 0 Å². The Morgan fingerprint density at radius 2 is 1.21 bits per heavy atom. The van der Waals surface area contributed by atoms with Gasteiger partial charge in [-0.05, 0) is 184 Å². The van der Waals surface area contributed by atoms with Crippen molar-refractivity contribution in [3.05, 3.63) is 259 Å². The van der Waals surface area contributed by atoms with Crippen LogP contribution in [0.5, 0.6) is 0 Å². The van der Waals surface area contributed by atoms with Crippen molar-refractivity contribution in [2.45, 2.75) is 79.6 Å². The lowest BCUT2D eigenvalue weighted by Crippen LogP contribution is -2.61. The van der Waals surface area contributed by atoms with Crippen LogP contribution in [0.2, 0.25) is 0 Å². The standard InChI is InChI=1S/C76H68BN3O/c1-11-21-53(44-49(3)12-2)72-60-25-17-16-22-51(60)32-42-66(72)78(56-23-14-13-15-24-56)59-40-41-63-67(48-59)80(57-36-30-52(31-37-57)61-27-20-29-71-73(61)62-26-18-19-28-70(62)81-71)69-46-50(4)45-68-74(69)77(63)64-47-55(76(8,9)10)35-43-65(64)79(68)58-38-33-54(34-39-58)75(5,6)7/h11-43,45-48H,1,44H2,2-10H3/b49-12-,53-21+. The molecular formula is C76H68BN3O. The molecule has 13 rings (SSSR count). The number of benzene rings is 10. The van der Waals surface area contributed by atoms with E-state index in [0.717, 1.165) is 73.6 Å². The van der Waals surface area contributed by atoms with Gasteiger partial charge in [-0.15, -0.1) is 0 Å². The first-order valence-electron chi connectivity index (χ1n) is 28.6. The molecule has 0 fully saturated rings. The van der Waals surface area contributed by atoms with E-state index in [2.05, 4.69) is 296 Å². The Balaban J connectivity index is 1.08. The molecule has 4 nitrogen and oxygen atoms in total. The average Bonchev–Trinajstić information content (AvgIpc) is 3.93. The van der Waals surface area contributed by atoms with Gasteiger partial charge >= 0.3 is 0 Å². The molecule has 0 amide bonds. The highest BCUT2D eigenvalue weighted by Gasteiger charge is 2.44. The van der Waals surface area contributed by atoms with Crippen molar-refractivity contribution in [2.75, 3.05) is 14.7 Å². The minimum Gasteiger partial charge on any atom is -0.456 e. The summed E-state index contributed by atoms with van der Waals surface area (Å²) in [6.45, 7) is 24.7. The predicted molar refractivity (Wildman–Crippen MR) is 350 cm³/mol. The van der Waals surface area contributed by atoms with Crippen LogP contribution in [0.15, 0.2) is 241 Å². The van der Waals surface area contributed by atoms with Crippen LogP contribution in [0.4, 0.5) is 51.2 Å². The summed E-state index contributed by atoms with van der Waals surface area (Å²) < 4.78 is 6.42. The highest BCUT2D eigenvalue weighted by molar-refractivity contribution is 7.00. The predicted octanol–water partition coefficient (Wildman–Crippen LogP) is 19.8. The van der Waals surface area contributed by atoms with Crippen molar-refractivity contribution in [2.24, 2.45) is 0 Å². The summed E-state index contributed by atoms with van der Waals surface area (Å²) in [7, 11) is 0. The molecule has 0 spiro atoms. The van der Waals surface area contributed by atoms with E-state index in [4.69, 9.17) is 4.42 Å². The molecule has 81 heavy (non-hydrogen) atoms. The van der Waals surface area contributed by atoms with Crippen LogP contribution in [0, 0.1) is 6.92 Å². The molecule has 1 aromatic heterocycles. The molecule has 0 saturated heterocycles. The highest BCUT2D eigenvalue weighted by Crippen LogP contribution is 2.49. The Hall–Kier alpha value is -9.06. The van der Waals surface area contributed by atoms with Gasteiger partial charge in [0.25, 0.3) is 6.71 Å². The first-order chi connectivity index (χ1) is 39.2. The van der Waals surface area contributed by atoms with E-state index >= 15 is 0 Å². The molecule has 396 valence electrons. The van der Waals surface area contributed by atoms with Crippen LogP contribution in [-0.2, 0) is 10.8 Å². The number of allylic oxidation sites excluding steroid dienone is 5. The van der Waals surface area contributed by atoms with Gasteiger partial charge in [-0.25, -0.2) is 0 Å². The van der Waals surface area contributed by atoms with Gasteiger partial charge < -0.3 is 19.1 Å². The molecule has 10 aromatic carbocycles. The second-order valence-electron chi connectivity index (χ2n) is 24.3. The molecular weight excluding hydrogens is 982 g/mol. The van der Waals surface area contributed by atoms with Gasteiger partial charge in [0.1, 0.15) is 11.2 Å². The number of hydrogen-bond acceptors (Lipinski definition) is 4. The summed E-state index contributed by atoms with van der Waals surface area (Å²) in [6, 6.07) is 77.1. The molecule has 0 saturated carbocycles. The molecule has 2 aliphatic heterocycles. The molecule has 0 radical (unpaired) electrons. The number of aryl methyl sites for hydroxylation is 1. The zero-order valence-corrected chi connectivity index (χ0v) is 48.1. The normalized spacial score (nSPS) is 13.4. The average molecular weight is 1050 g/mol. The molecule has 0 bridgehead atoms. The van der Waals surface area contributed by atoms with E-state index < -0.39 is 0 Å². The fourth-order valence-electron chi connectivity index (χ4n) is 12.8. The van der Waals surface area contributed by atoms with Crippen molar-refractivity contribution in [1.82, 2.24) is 0 Å². The number of para-hydroxylation sites is 2. The minimum absolute atomic E-state index is 0.0208. The first kappa shape index (κ1) is 51.4. The Kier molecular flexibility index (Phi) is 12.6. The first-order valence-corrected chi connectivity index (χ1v) is 28.6. The Labute approximate surface area is 478 Å². The van der Waals surface area contributed by atoms with Crippen molar-refractivity contribution in [3.63, 3.8) is 0 Å². The highest BCUT2D eigenvalue weighted by atomic mass is 16.3. The summed E-state index contributed by atoms with van der Waals surface area (Å²) in [5, 5.41) is 4.66. The second-order valence-corrected chi connectivity index (χ2v) is 24.3. The molecule has 5 heteroatoms. The third-order valence-corrected chi connectivity index (χ3v) is 16.9. The molecule has 0 N–H and O–H groups in total. The summed E-state index contributed by atoms with van der Waals surface area (Å²) >= 11 is 0. The Bertz CT molecular complexity index is 4340. The number of furan rings is 1. The lowest BCUT2D eigenvalue weighted by molar-refractivity contribution is 0.590. The van der Waals surface area contributed by atoms with Gasteiger partial charge in [0.15, 0.2) is 0 Å². The topological polar surface area (TPSA) is 22.9 Å². The fraction of sp³-hybridized carbons (Fsp3) is 0.158. The number of nitrogens with zero attached hydrogens (tertiary/aromatic N) is 3. The maximum Gasteiger partial charge on any atom is 0.252 e. The van der Waals surface area contributed by atoms with E-state index in [1.807, 2.05) is 12.1 Å². The lowest BCUT2D eigenvalue weighted by atomic mass is 9.33. The third-order valence-electron chi connectivity index (χ3n) is 16.9.